The van der Waals surface area contributed by atoms with Gasteiger partial charge in [0.25, 0.3) is 0 Å². The van der Waals surface area contributed by atoms with Crippen LogP contribution >= 0.6 is 0 Å². The van der Waals surface area contributed by atoms with Gasteiger partial charge in [0.1, 0.15) is 18.9 Å². The number of carboxylic acid groups (broad SMARTS) is 2. The summed E-state index contributed by atoms with van der Waals surface area (Å²) in [4.78, 5) is 27.2. The number of aliphatic carboxylic acids is 2. The summed E-state index contributed by atoms with van der Waals surface area (Å²) in [5.74, 6) is -1.47. The van der Waals surface area contributed by atoms with Gasteiger partial charge in [-0.1, -0.05) is 18.2 Å². The first kappa shape index (κ1) is 44.9. The number of rotatable bonds is 23. The molecular formula is C39H58N6O9S2. The molecule has 0 radical (unpaired) electrons. The van der Waals surface area contributed by atoms with E-state index in [9.17, 15) is 31.5 Å². The van der Waals surface area contributed by atoms with Crippen LogP contribution in [0.15, 0.2) is 46.2 Å². The highest BCUT2D eigenvalue weighted by atomic mass is 32.2. The van der Waals surface area contributed by atoms with Crippen LogP contribution in [0.2, 0.25) is 0 Å². The Morgan fingerprint density at radius 3 is 1.61 bits per heavy atom. The quantitative estimate of drug-likeness (QED) is 0.0857. The van der Waals surface area contributed by atoms with E-state index in [1.807, 2.05) is 42.1 Å². The summed E-state index contributed by atoms with van der Waals surface area (Å²) in [5.41, 5.74) is 0.828. The number of carboxylic acids is 2. The van der Waals surface area contributed by atoms with Crippen LogP contribution in [0.3, 0.4) is 0 Å². The number of likely N-dealkylation sites (N-methyl/N-ethyl adjacent to an activating group) is 1. The molecule has 0 bridgehead atoms. The molecule has 0 aliphatic carbocycles. The Bertz CT molecular complexity index is 2160. The Hall–Kier alpha value is -3.84. The molecule has 56 heavy (non-hydrogen) atoms. The average Bonchev–Trinajstić information content (AvgIpc) is 3.11. The Morgan fingerprint density at radius 1 is 0.679 bits per heavy atom. The highest BCUT2D eigenvalue weighted by Gasteiger charge is 2.32. The van der Waals surface area contributed by atoms with Crippen molar-refractivity contribution in [3.05, 3.63) is 36.4 Å². The molecule has 0 atom stereocenters. The van der Waals surface area contributed by atoms with Crippen molar-refractivity contribution < 1.29 is 45.9 Å². The molecule has 0 unspecified atom stereocenters. The number of anilines is 1. The number of quaternary nitrogens is 1. The largest absolute Gasteiger partial charge is 0.550 e. The van der Waals surface area contributed by atoms with Gasteiger partial charge in [0, 0.05) is 104 Å². The Kier molecular flexibility index (Phi) is 14.6. The number of hydrogen-bond acceptors (Lipinski definition) is 11. The predicted octanol–water partition coefficient (Wildman–Crippen LogP) is 2.23. The van der Waals surface area contributed by atoms with Crippen LogP contribution in [0.5, 0.6) is 5.75 Å². The first-order valence-electron chi connectivity index (χ1n) is 18.7. The van der Waals surface area contributed by atoms with Crippen molar-refractivity contribution in [3.8, 4) is 5.75 Å². The summed E-state index contributed by atoms with van der Waals surface area (Å²) >= 11 is 0. The standard InChI is InChI=1S/C39H58N6O9S2/c1-40(2)32-26-33(54-25-24-45(7,8)9)29-13-15-31-35(56(52,53)44(6)21-11-19-42(4)23-17-37(48)49)27-34(30-14-12-28(32)38(29)39(30)31)55(50,51)43(5)20-10-18-41(3)22-16-36(46)47/h12-15,26-27H,10-11,16-25H2,1-9H3,(H-,46,47,48,49). The summed E-state index contributed by atoms with van der Waals surface area (Å²) in [6.45, 7) is 2.84. The van der Waals surface area contributed by atoms with Crippen LogP contribution < -0.4 is 14.7 Å². The molecule has 0 spiro atoms. The molecule has 0 aliphatic rings. The van der Waals surface area contributed by atoms with Gasteiger partial charge in [-0.15, -0.1) is 0 Å². The Balaban J connectivity index is 1.90. The maximum atomic E-state index is 14.6. The van der Waals surface area contributed by atoms with Crippen LogP contribution in [-0.2, 0) is 29.6 Å². The third-order valence-electron chi connectivity index (χ3n) is 10.1. The number of ether oxygens (including phenoxy) is 1. The van der Waals surface area contributed by atoms with E-state index < -0.39 is 32.0 Å². The molecule has 17 heteroatoms. The van der Waals surface area contributed by atoms with Gasteiger partial charge in [-0.05, 0) is 58.6 Å². The highest BCUT2D eigenvalue weighted by molar-refractivity contribution is 7.90. The van der Waals surface area contributed by atoms with E-state index in [4.69, 9.17) is 9.84 Å². The molecule has 0 heterocycles. The summed E-state index contributed by atoms with van der Waals surface area (Å²) in [6.07, 6.45) is 0.651. The topological polar surface area (TPSA) is 171 Å². The Labute approximate surface area is 331 Å². The van der Waals surface area contributed by atoms with E-state index in [2.05, 4.69) is 21.1 Å². The minimum absolute atomic E-state index is 0.0314. The van der Waals surface area contributed by atoms with Crippen molar-refractivity contribution in [2.24, 2.45) is 0 Å². The van der Waals surface area contributed by atoms with Crippen LogP contribution in [0.4, 0.5) is 5.69 Å². The van der Waals surface area contributed by atoms with Crippen LogP contribution in [-0.4, -0.2) is 173 Å². The molecule has 4 aromatic carbocycles. The number of nitrogens with zero attached hydrogens (tertiary/aromatic N) is 6. The summed E-state index contributed by atoms with van der Waals surface area (Å²) in [7, 11) is 7.94. The number of sulfonamides is 2. The van der Waals surface area contributed by atoms with Crippen molar-refractivity contribution in [3.63, 3.8) is 0 Å². The second-order valence-corrected chi connectivity index (χ2v) is 19.9. The van der Waals surface area contributed by atoms with Crippen LogP contribution in [0.25, 0.3) is 32.3 Å². The molecule has 1 N–H and O–H groups in total. The van der Waals surface area contributed by atoms with Gasteiger partial charge in [-0.3, -0.25) is 4.79 Å². The lowest BCUT2D eigenvalue weighted by atomic mass is 9.92. The lowest BCUT2D eigenvalue weighted by Gasteiger charge is -2.26. The predicted molar refractivity (Wildman–Crippen MR) is 219 cm³/mol. The molecule has 0 amide bonds. The van der Waals surface area contributed by atoms with Gasteiger partial charge in [-0.25, -0.2) is 25.4 Å². The average molecular weight is 819 g/mol. The Morgan fingerprint density at radius 2 is 1.14 bits per heavy atom. The molecule has 15 nitrogen and oxygen atoms in total. The van der Waals surface area contributed by atoms with Crippen molar-refractivity contribution in [1.29, 1.82) is 0 Å². The fourth-order valence-corrected chi connectivity index (χ4v) is 9.63. The molecule has 0 aromatic heterocycles. The molecule has 4 aromatic rings. The maximum absolute atomic E-state index is 14.6. The van der Waals surface area contributed by atoms with Gasteiger partial charge >= 0.3 is 5.97 Å². The molecular weight excluding hydrogens is 761 g/mol. The third kappa shape index (κ3) is 10.6. The van der Waals surface area contributed by atoms with Gasteiger partial charge in [0.05, 0.1) is 37.4 Å². The number of benzene rings is 4. The van der Waals surface area contributed by atoms with Crippen LogP contribution in [0.1, 0.15) is 25.7 Å². The van der Waals surface area contributed by atoms with Crippen molar-refractivity contribution in [2.45, 2.75) is 35.5 Å². The van der Waals surface area contributed by atoms with E-state index in [0.717, 1.165) is 23.0 Å². The molecule has 4 rings (SSSR count). The fourth-order valence-electron chi connectivity index (χ4n) is 6.72. The van der Waals surface area contributed by atoms with E-state index in [1.54, 1.807) is 31.1 Å². The monoisotopic (exact) mass is 818 g/mol. The number of carbonyl (C=O) groups is 2. The van der Waals surface area contributed by atoms with Crippen molar-refractivity contribution in [1.82, 2.24) is 18.4 Å². The SMILES string of the molecule is CN(CCCN(C)S(=O)(=O)c1cc(S(=O)(=O)N(C)CCCN(C)CCC(=O)O)c2ccc3c(N(C)C)cc(OCC[N+](C)(C)C)c4ccc1c2c43)CCC(=O)[O-]. The molecule has 0 saturated carbocycles. The number of carbonyl (C=O) groups excluding carboxylic acids is 1. The smallest absolute Gasteiger partial charge is 0.304 e. The highest BCUT2D eigenvalue weighted by Crippen LogP contribution is 2.46. The van der Waals surface area contributed by atoms with E-state index in [0.29, 0.717) is 70.9 Å². The zero-order valence-electron chi connectivity index (χ0n) is 34.2. The maximum Gasteiger partial charge on any atom is 0.304 e. The first-order valence-corrected chi connectivity index (χ1v) is 21.5. The van der Waals surface area contributed by atoms with Crippen molar-refractivity contribution >= 4 is 70.0 Å². The van der Waals surface area contributed by atoms with Gasteiger partial charge in [0.2, 0.25) is 20.0 Å². The third-order valence-corrected chi connectivity index (χ3v) is 13.9. The summed E-state index contributed by atoms with van der Waals surface area (Å²) in [6, 6.07) is 10.4. The van der Waals surface area contributed by atoms with Gasteiger partial charge in [0.15, 0.2) is 0 Å². The van der Waals surface area contributed by atoms with Crippen LogP contribution in [0, 0.1) is 0 Å². The lowest BCUT2D eigenvalue weighted by molar-refractivity contribution is -0.870. The minimum atomic E-state index is -4.28. The molecule has 0 fully saturated rings. The zero-order chi connectivity index (χ0) is 41.7. The minimum Gasteiger partial charge on any atom is -0.550 e. The van der Waals surface area contributed by atoms with E-state index >= 15 is 0 Å². The zero-order valence-corrected chi connectivity index (χ0v) is 35.8. The van der Waals surface area contributed by atoms with Gasteiger partial charge < -0.3 is 38.9 Å². The number of hydrogen-bond donors (Lipinski definition) is 1. The molecule has 310 valence electrons. The van der Waals surface area contributed by atoms with E-state index in [1.165, 1.54) is 28.8 Å². The summed E-state index contributed by atoms with van der Waals surface area (Å²) < 4.78 is 67.9. The summed E-state index contributed by atoms with van der Waals surface area (Å²) in [5, 5.41) is 23.5. The lowest BCUT2D eigenvalue weighted by Crippen LogP contribution is -2.38. The molecule has 0 aliphatic heterocycles. The second kappa shape index (κ2) is 18.2. The van der Waals surface area contributed by atoms with Crippen molar-refractivity contribution in [2.75, 3.05) is 121 Å². The normalized spacial score (nSPS) is 13.0. The van der Waals surface area contributed by atoms with Gasteiger partial charge in [-0.2, -0.15) is 0 Å². The molecule has 0 saturated heterocycles. The van der Waals surface area contributed by atoms with E-state index in [-0.39, 0.29) is 42.3 Å². The fraction of sp³-hybridized carbons (Fsp3) is 0.538. The first-order chi connectivity index (χ1) is 26.1. The second-order valence-electron chi connectivity index (χ2n) is 15.8.